The average molecular weight is 262 g/mol. The number of ether oxygens (including phenoxy) is 1. The lowest BCUT2D eigenvalue weighted by Gasteiger charge is -2.17. The second-order valence-electron chi connectivity index (χ2n) is 4.73. The van der Waals surface area contributed by atoms with Gasteiger partial charge in [-0.2, -0.15) is 0 Å². The highest BCUT2D eigenvalue weighted by molar-refractivity contribution is 7.18. The Labute approximate surface area is 111 Å². The number of rotatable bonds is 4. The number of thiazole rings is 1. The number of para-hydroxylation sites is 1. The van der Waals surface area contributed by atoms with E-state index in [1.54, 1.807) is 11.3 Å². The minimum absolute atomic E-state index is 0.311. The van der Waals surface area contributed by atoms with Gasteiger partial charge in [0.15, 0.2) is 0 Å². The predicted molar refractivity (Wildman–Crippen MR) is 75.0 cm³/mol. The minimum atomic E-state index is 0.311. The molecule has 0 amide bonds. The van der Waals surface area contributed by atoms with Gasteiger partial charge >= 0.3 is 0 Å². The van der Waals surface area contributed by atoms with Gasteiger partial charge in [0.05, 0.1) is 22.4 Å². The molecule has 1 aromatic carbocycles. The van der Waals surface area contributed by atoms with Crippen LogP contribution in [0, 0.1) is 0 Å². The molecule has 2 atom stereocenters. The van der Waals surface area contributed by atoms with Gasteiger partial charge < -0.3 is 10.1 Å². The normalized spacial score (nSPS) is 21.5. The Morgan fingerprint density at radius 2 is 2.39 bits per heavy atom. The van der Waals surface area contributed by atoms with Crippen LogP contribution in [0.1, 0.15) is 30.3 Å². The lowest BCUT2D eigenvalue weighted by atomic mass is 10.1. The van der Waals surface area contributed by atoms with Gasteiger partial charge in [0, 0.05) is 6.61 Å². The number of aromatic nitrogens is 1. The van der Waals surface area contributed by atoms with Gasteiger partial charge in [-0.1, -0.05) is 12.1 Å². The van der Waals surface area contributed by atoms with Crippen molar-refractivity contribution in [3.63, 3.8) is 0 Å². The van der Waals surface area contributed by atoms with Gasteiger partial charge in [-0.15, -0.1) is 11.3 Å². The second-order valence-corrected chi connectivity index (χ2v) is 5.79. The first-order valence-electron chi connectivity index (χ1n) is 6.51. The molecule has 3 nitrogen and oxygen atoms in total. The molecule has 0 radical (unpaired) electrons. The molecule has 1 aromatic heterocycles. The lowest BCUT2D eigenvalue weighted by Crippen LogP contribution is -2.21. The van der Waals surface area contributed by atoms with Crippen LogP contribution in [-0.2, 0) is 4.74 Å². The molecule has 3 rings (SSSR count). The Balaban J connectivity index is 1.81. The number of hydrogen-bond acceptors (Lipinski definition) is 4. The number of benzene rings is 1. The third kappa shape index (κ3) is 2.41. The standard InChI is InChI=1S/C14H18N2OS/c1-15-12(9-10-5-4-8-17-10)14-16-11-6-2-3-7-13(11)18-14/h2-3,6-7,10,12,15H,4-5,8-9H2,1H3. The molecule has 0 saturated carbocycles. The van der Waals surface area contributed by atoms with Crippen molar-refractivity contribution >= 4 is 21.6 Å². The van der Waals surface area contributed by atoms with Crippen molar-refractivity contribution in [2.24, 2.45) is 0 Å². The SMILES string of the molecule is CNC(CC1CCCO1)c1nc2ccccc2s1. The molecule has 2 unspecified atom stereocenters. The first-order chi connectivity index (χ1) is 8.86. The summed E-state index contributed by atoms with van der Waals surface area (Å²) in [5, 5.41) is 4.55. The molecule has 1 fully saturated rings. The fraction of sp³-hybridized carbons (Fsp3) is 0.500. The smallest absolute Gasteiger partial charge is 0.111 e. The van der Waals surface area contributed by atoms with Crippen LogP contribution in [0.25, 0.3) is 10.2 Å². The van der Waals surface area contributed by atoms with Crippen LogP contribution in [-0.4, -0.2) is 24.7 Å². The summed E-state index contributed by atoms with van der Waals surface area (Å²) in [6.07, 6.45) is 3.80. The molecule has 2 heterocycles. The summed E-state index contributed by atoms with van der Waals surface area (Å²) in [5.74, 6) is 0. The number of fused-ring (bicyclic) bond motifs is 1. The van der Waals surface area contributed by atoms with Crippen molar-refractivity contribution in [2.75, 3.05) is 13.7 Å². The van der Waals surface area contributed by atoms with Gasteiger partial charge in [0.25, 0.3) is 0 Å². The Morgan fingerprint density at radius 1 is 1.50 bits per heavy atom. The minimum Gasteiger partial charge on any atom is -0.378 e. The molecule has 1 aliphatic rings. The van der Waals surface area contributed by atoms with Crippen LogP contribution in [0.15, 0.2) is 24.3 Å². The number of hydrogen-bond donors (Lipinski definition) is 1. The average Bonchev–Trinajstić information content (AvgIpc) is 3.04. The highest BCUT2D eigenvalue weighted by Crippen LogP contribution is 2.30. The van der Waals surface area contributed by atoms with Crippen LogP contribution < -0.4 is 5.32 Å². The Hall–Kier alpha value is -0.970. The number of nitrogens with zero attached hydrogens (tertiary/aromatic N) is 1. The molecule has 1 aliphatic heterocycles. The van der Waals surface area contributed by atoms with Crippen molar-refractivity contribution in [1.82, 2.24) is 10.3 Å². The molecule has 0 bridgehead atoms. The summed E-state index contributed by atoms with van der Waals surface area (Å²) in [6, 6.07) is 8.63. The fourth-order valence-corrected chi connectivity index (χ4v) is 3.56. The maximum Gasteiger partial charge on any atom is 0.111 e. The summed E-state index contributed by atoms with van der Waals surface area (Å²) in [7, 11) is 2.01. The van der Waals surface area contributed by atoms with E-state index in [4.69, 9.17) is 9.72 Å². The molecule has 0 spiro atoms. The van der Waals surface area contributed by atoms with E-state index in [0.717, 1.165) is 18.5 Å². The summed E-state index contributed by atoms with van der Waals surface area (Å²) < 4.78 is 6.98. The Kier molecular flexibility index (Phi) is 3.59. The zero-order chi connectivity index (χ0) is 12.4. The monoisotopic (exact) mass is 262 g/mol. The first kappa shape index (κ1) is 12.1. The van der Waals surface area contributed by atoms with Crippen LogP contribution in [0.5, 0.6) is 0 Å². The zero-order valence-corrected chi connectivity index (χ0v) is 11.4. The van der Waals surface area contributed by atoms with E-state index in [2.05, 4.69) is 23.5 Å². The molecule has 4 heteroatoms. The van der Waals surface area contributed by atoms with Crippen molar-refractivity contribution in [1.29, 1.82) is 0 Å². The van der Waals surface area contributed by atoms with Crippen molar-refractivity contribution < 1.29 is 4.74 Å². The molecule has 0 aliphatic carbocycles. The quantitative estimate of drug-likeness (QED) is 0.919. The molecule has 96 valence electrons. The van der Waals surface area contributed by atoms with Gasteiger partial charge in [-0.05, 0) is 38.4 Å². The molecule has 1 N–H and O–H groups in total. The van der Waals surface area contributed by atoms with Gasteiger partial charge in [0.1, 0.15) is 5.01 Å². The third-order valence-electron chi connectivity index (χ3n) is 3.48. The highest BCUT2D eigenvalue weighted by atomic mass is 32.1. The maximum atomic E-state index is 5.72. The van der Waals surface area contributed by atoms with Gasteiger partial charge in [0.2, 0.25) is 0 Å². The lowest BCUT2D eigenvalue weighted by molar-refractivity contribution is 0.0954. The van der Waals surface area contributed by atoms with E-state index in [1.807, 2.05) is 13.1 Å². The summed E-state index contributed by atoms with van der Waals surface area (Å²) in [6.45, 7) is 0.918. The highest BCUT2D eigenvalue weighted by Gasteiger charge is 2.23. The summed E-state index contributed by atoms with van der Waals surface area (Å²) in [5.41, 5.74) is 1.10. The second kappa shape index (κ2) is 5.34. The van der Waals surface area contributed by atoms with Crippen LogP contribution in [0.2, 0.25) is 0 Å². The van der Waals surface area contributed by atoms with Crippen molar-refractivity contribution in [3.05, 3.63) is 29.3 Å². The zero-order valence-electron chi connectivity index (χ0n) is 10.6. The molecule has 1 saturated heterocycles. The van der Waals surface area contributed by atoms with E-state index < -0.39 is 0 Å². The topological polar surface area (TPSA) is 34.1 Å². The van der Waals surface area contributed by atoms with Gasteiger partial charge in [-0.3, -0.25) is 0 Å². The van der Waals surface area contributed by atoms with E-state index >= 15 is 0 Å². The maximum absolute atomic E-state index is 5.72. The first-order valence-corrected chi connectivity index (χ1v) is 7.33. The molecular weight excluding hydrogens is 244 g/mol. The summed E-state index contributed by atoms with van der Waals surface area (Å²) in [4.78, 5) is 4.73. The fourth-order valence-electron chi connectivity index (χ4n) is 2.47. The Bertz CT molecular complexity index is 486. The van der Waals surface area contributed by atoms with E-state index in [-0.39, 0.29) is 0 Å². The van der Waals surface area contributed by atoms with Gasteiger partial charge in [-0.25, -0.2) is 4.98 Å². The van der Waals surface area contributed by atoms with Crippen molar-refractivity contribution in [3.8, 4) is 0 Å². The van der Waals surface area contributed by atoms with Crippen LogP contribution >= 0.6 is 11.3 Å². The van der Waals surface area contributed by atoms with Crippen LogP contribution in [0.3, 0.4) is 0 Å². The van der Waals surface area contributed by atoms with E-state index in [9.17, 15) is 0 Å². The van der Waals surface area contributed by atoms with E-state index in [1.165, 1.54) is 22.5 Å². The largest absolute Gasteiger partial charge is 0.378 e. The third-order valence-corrected chi connectivity index (χ3v) is 4.63. The molecule has 18 heavy (non-hydrogen) atoms. The van der Waals surface area contributed by atoms with Crippen LogP contribution in [0.4, 0.5) is 0 Å². The van der Waals surface area contributed by atoms with Crippen molar-refractivity contribution in [2.45, 2.75) is 31.4 Å². The van der Waals surface area contributed by atoms with E-state index in [0.29, 0.717) is 12.1 Å². The molecule has 2 aromatic rings. The number of nitrogens with one attached hydrogen (secondary N) is 1. The molecular formula is C14H18N2OS. The predicted octanol–water partition coefficient (Wildman–Crippen LogP) is 3.13. The Morgan fingerprint density at radius 3 is 3.11 bits per heavy atom. The summed E-state index contributed by atoms with van der Waals surface area (Å²) >= 11 is 1.78.